The second kappa shape index (κ2) is 6.62. The summed E-state index contributed by atoms with van der Waals surface area (Å²) in [6, 6.07) is 8.34. The quantitative estimate of drug-likeness (QED) is 0.470. The molecule has 0 nitrogen and oxygen atoms in total. The van der Waals surface area contributed by atoms with Gasteiger partial charge in [-0.1, -0.05) is 61.2 Å². The number of hydrogen-bond donors (Lipinski definition) is 0. The molecule has 0 amide bonds. The molecular weight excluding hydrogens is 192 g/mol. The summed E-state index contributed by atoms with van der Waals surface area (Å²) in [4.78, 5) is 0. The first-order chi connectivity index (χ1) is 7.83. The van der Waals surface area contributed by atoms with E-state index in [9.17, 15) is 0 Å². The van der Waals surface area contributed by atoms with Crippen molar-refractivity contribution in [2.24, 2.45) is 0 Å². The van der Waals surface area contributed by atoms with Gasteiger partial charge in [0.1, 0.15) is 0 Å². The van der Waals surface area contributed by atoms with E-state index in [1.54, 1.807) is 6.08 Å². The highest BCUT2D eigenvalue weighted by molar-refractivity contribution is 5.56. The first-order valence-electron chi connectivity index (χ1n) is 5.45. The lowest BCUT2D eigenvalue weighted by Crippen LogP contribution is -1.96. The Morgan fingerprint density at radius 3 is 2.50 bits per heavy atom. The molecule has 1 rings (SSSR count). The van der Waals surface area contributed by atoms with Crippen LogP contribution in [0.25, 0.3) is 6.08 Å². The van der Waals surface area contributed by atoms with Crippen LogP contribution in [-0.4, -0.2) is 0 Å². The second-order valence-corrected chi connectivity index (χ2v) is 3.59. The van der Waals surface area contributed by atoms with Crippen molar-refractivity contribution in [1.82, 2.24) is 0 Å². The van der Waals surface area contributed by atoms with Gasteiger partial charge in [-0.25, -0.2) is 0 Å². The molecule has 0 saturated carbocycles. The lowest BCUT2D eigenvalue weighted by Gasteiger charge is -2.13. The molecule has 0 aliphatic carbocycles. The van der Waals surface area contributed by atoms with Crippen molar-refractivity contribution in [3.8, 4) is 0 Å². The van der Waals surface area contributed by atoms with Gasteiger partial charge >= 0.3 is 0 Å². The molecule has 16 heavy (non-hydrogen) atoms. The molecule has 1 aromatic rings. The minimum absolute atomic E-state index is 0.336. The standard InChI is InChI=1S/C16H18/c1-4-7-11-15-12-8-9-13-16(15)14(6-3)10-5-2/h4-9,11-14H,1-3,10H2/b11-7-. The zero-order valence-electron chi connectivity index (χ0n) is 9.60. The van der Waals surface area contributed by atoms with Crippen LogP contribution in [0.2, 0.25) is 0 Å². The van der Waals surface area contributed by atoms with Gasteiger partial charge in [0.05, 0.1) is 0 Å². The Balaban J connectivity index is 3.09. The Bertz CT molecular complexity index is 396. The van der Waals surface area contributed by atoms with Gasteiger partial charge in [0, 0.05) is 5.92 Å². The number of hydrogen-bond acceptors (Lipinski definition) is 0. The van der Waals surface area contributed by atoms with Crippen LogP contribution in [0.15, 0.2) is 68.3 Å². The summed E-state index contributed by atoms with van der Waals surface area (Å²) in [5.74, 6) is 0.336. The fourth-order valence-electron chi connectivity index (χ4n) is 1.70. The SMILES string of the molecule is C=C/C=C\c1ccccc1C(C=C)CC=C. The summed E-state index contributed by atoms with van der Waals surface area (Å²) >= 11 is 0. The van der Waals surface area contributed by atoms with Gasteiger partial charge in [0.2, 0.25) is 0 Å². The predicted octanol–water partition coefficient (Wildman–Crippen LogP) is 4.73. The monoisotopic (exact) mass is 210 g/mol. The van der Waals surface area contributed by atoms with E-state index >= 15 is 0 Å². The zero-order valence-corrected chi connectivity index (χ0v) is 9.60. The topological polar surface area (TPSA) is 0 Å². The highest BCUT2D eigenvalue weighted by Crippen LogP contribution is 2.25. The minimum atomic E-state index is 0.336. The highest BCUT2D eigenvalue weighted by Gasteiger charge is 2.08. The fraction of sp³-hybridized carbons (Fsp3) is 0.125. The van der Waals surface area contributed by atoms with Gasteiger partial charge in [-0.05, 0) is 17.5 Å². The van der Waals surface area contributed by atoms with Crippen LogP contribution in [0.5, 0.6) is 0 Å². The molecule has 1 aromatic carbocycles. The van der Waals surface area contributed by atoms with Crippen LogP contribution in [0, 0.1) is 0 Å². The maximum absolute atomic E-state index is 3.89. The van der Waals surface area contributed by atoms with Crippen molar-refractivity contribution >= 4 is 6.08 Å². The average Bonchev–Trinajstić information content (AvgIpc) is 2.34. The Morgan fingerprint density at radius 1 is 1.12 bits per heavy atom. The molecule has 0 fully saturated rings. The smallest absolute Gasteiger partial charge is 0.00556 e. The van der Waals surface area contributed by atoms with E-state index in [2.05, 4.69) is 44.0 Å². The van der Waals surface area contributed by atoms with E-state index < -0.39 is 0 Å². The minimum Gasteiger partial charge on any atom is -0.103 e. The van der Waals surface area contributed by atoms with Gasteiger partial charge < -0.3 is 0 Å². The van der Waals surface area contributed by atoms with Crippen LogP contribution in [0.4, 0.5) is 0 Å². The van der Waals surface area contributed by atoms with Crippen molar-refractivity contribution in [2.75, 3.05) is 0 Å². The third-order valence-electron chi connectivity index (χ3n) is 2.51. The molecule has 0 bridgehead atoms. The molecule has 0 spiro atoms. The maximum atomic E-state index is 3.89. The third-order valence-corrected chi connectivity index (χ3v) is 2.51. The second-order valence-electron chi connectivity index (χ2n) is 3.59. The molecule has 0 aliphatic heterocycles. The van der Waals surface area contributed by atoms with Gasteiger partial charge in [-0.3, -0.25) is 0 Å². The summed E-state index contributed by atoms with van der Waals surface area (Å²) in [6.07, 6.45) is 10.6. The van der Waals surface area contributed by atoms with E-state index in [1.165, 1.54) is 11.1 Å². The van der Waals surface area contributed by atoms with Gasteiger partial charge in [0.25, 0.3) is 0 Å². The van der Waals surface area contributed by atoms with Crippen molar-refractivity contribution in [2.45, 2.75) is 12.3 Å². The van der Waals surface area contributed by atoms with Crippen LogP contribution >= 0.6 is 0 Å². The molecule has 82 valence electrons. The van der Waals surface area contributed by atoms with E-state index in [0.29, 0.717) is 5.92 Å². The van der Waals surface area contributed by atoms with E-state index in [4.69, 9.17) is 0 Å². The molecule has 0 aromatic heterocycles. The predicted molar refractivity (Wildman–Crippen MR) is 73.4 cm³/mol. The first-order valence-corrected chi connectivity index (χ1v) is 5.45. The molecule has 0 heterocycles. The van der Waals surface area contributed by atoms with E-state index in [1.807, 2.05) is 24.3 Å². The lowest BCUT2D eigenvalue weighted by atomic mass is 9.91. The molecule has 0 saturated heterocycles. The van der Waals surface area contributed by atoms with Crippen molar-refractivity contribution in [1.29, 1.82) is 0 Å². The zero-order chi connectivity index (χ0) is 11.8. The summed E-state index contributed by atoms with van der Waals surface area (Å²) in [5.41, 5.74) is 2.50. The summed E-state index contributed by atoms with van der Waals surface area (Å²) in [6.45, 7) is 11.4. The van der Waals surface area contributed by atoms with Crippen molar-refractivity contribution < 1.29 is 0 Å². The largest absolute Gasteiger partial charge is 0.103 e. The number of benzene rings is 1. The van der Waals surface area contributed by atoms with Crippen LogP contribution in [0.3, 0.4) is 0 Å². The van der Waals surface area contributed by atoms with Crippen molar-refractivity contribution in [3.63, 3.8) is 0 Å². The third kappa shape index (κ3) is 3.09. The van der Waals surface area contributed by atoms with Gasteiger partial charge in [-0.2, -0.15) is 0 Å². The van der Waals surface area contributed by atoms with Gasteiger partial charge in [0.15, 0.2) is 0 Å². The molecule has 0 heteroatoms. The molecule has 0 N–H and O–H groups in total. The van der Waals surface area contributed by atoms with E-state index in [-0.39, 0.29) is 0 Å². The molecule has 1 unspecified atom stereocenters. The number of allylic oxidation sites excluding steroid dienone is 4. The maximum Gasteiger partial charge on any atom is 0.00556 e. The normalized spacial score (nSPS) is 12.2. The number of rotatable bonds is 6. The Labute approximate surface area is 98.3 Å². The fourth-order valence-corrected chi connectivity index (χ4v) is 1.70. The Kier molecular flexibility index (Phi) is 5.07. The van der Waals surface area contributed by atoms with Crippen LogP contribution in [0.1, 0.15) is 23.5 Å². The Morgan fingerprint density at radius 2 is 1.88 bits per heavy atom. The summed E-state index contributed by atoms with van der Waals surface area (Å²) in [7, 11) is 0. The lowest BCUT2D eigenvalue weighted by molar-refractivity contribution is 0.865. The van der Waals surface area contributed by atoms with E-state index in [0.717, 1.165) is 6.42 Å². The summed E-state index contributed by atoms with van der Waals surface area (Å²) in [5, 5.41) is 0. The Hall–Kier alpha value is -1.82. The van der Waals surface area contributed by atoms with Crippen LogP contribution in [-0.2, 0) is 0 Å². The first kappa shape index (κ1) is 12.3. The molecule has 1 atom stereocenters. The van der Waals surface area contributed by atoms with Gasteiger partial charge in [-0.15, -0.1) is 13.2 Å². The average molecular weight is 210 g/mol. The summed E-state index contributed by atoms with van der Waals surface area (Å²) < 4.78 is 0. The molecule has 0 aliphatic rings. The van der Waals surface area contributed by atoms with Crippen molar-refractivity contribution in [3.05, 3.63) is 79.4 Å². The molecular formula is C16H18. The molecule has 0 radical (unpaired) electrons. The van der Waals surface area contributed by atoms with Crippen LogP contribution < -0.4 is 0 Å². The highest BCUT2D eigenvalue weighted by atomic mass is 14.1.